The molecular formula is C19H26ClN9. The average molecular weight is 416 g/mol. The van der Waals surface area contributed by atoms with Gasteiger partial charge in [-0.15, -0.1) is 12.4 Å². The molecule has 10 heteroatoms. The third-order valence-corrected chi connectivity index (χ3v) is 6.27. The van der Waals surface area contributed by atoms with E-state index >= 15 is 0 Å². The maximum absolute atomic E-state index is 9.33. The van der Waals surface area contributed by atoms with Crippen LogP contribution in [-0.4, -0.2) is 68.4 Å². The van der Waals surface area contributed by atoms with Crippen LogP contribution in [0.4, 0.5) is 17.5 Å². The Morgan fingerprint density at radius 3 is 2.66 bits per heavy atom. The number of aryl methyl sites for hydroxylation is 1. The molecule has 3 aliphatic heterocycles. The molecule has 0 aliphatic carbocycles. The van der Waals surface area contributed by atoms with Crippen molar-refractivity contribution in [3.05, 3.63) is 24.7 Å². The van der Waals surface area contributed by atoms with Crippen molar-refractivity contribution in [2.45, 2.75) is 36.9 Å². The zero-order chi connectivity index (χ0) is 19.1. The molecule has 3 aliphatic rings. The minimum atomic E-state index is 0. The normalized spacial score (nSPS) is 25.0. The first-order valence-corrected chi connectivity index (χ1v) is 9.87. The summed E-state index contributed by atoms with van der Waals surface area (Å²) in [5.74, 6) is 1.54. The Morgan fingerprint density at radius 2 is 2.07 bits per heavy atom. The molecule has 2 atom stereocenters. The van der Waals surface area contributed by atoms with E-state index in [1.165, 1.54) is 12.8 Å². The highest BCUT2D eigenvalue weighted by Crippen LogP contribution is 2.40. The lowest BCUT2D eigenvalue weighted by molar-refractivity contribution is -0.00886. The number of rotatable bonds is 5. The minimum Gasteiger partial charge on any atom is -0.353 e. The van der Waals surface area contributed by atoms with Gasteiger partial charge in [0.2, 0.25) is 5.95 Å². The molecular weight excluding hydrogens is 390 g/mol. The molecule has 2 aromatic rings. The maximum Gasteiger partial charge on any atom is 0.229 e. The van der Waals surface area contributed by atoms with Crippen LogP contribution in [-0.2, 0) is 7.05 Å². The number of nitrogens with zero attached hydrogens (tertiary/aromatic N) is 7. The van der Waals surface area contributed by atoms with Gasteiger partial charge in [0.25, 0.3) is 0 Å². The van der Waals surface area contributed by atoms with Crippen LogP contribution in [0.25, 0.3) is 0 Å². The van der Waals surface area contributed by atoms with Gasteiger partial charge in [-0.1, -0.05) is 0 Å². The third kappa shape index (κ3) is 3.52. The molecule has 0 radical (unpaired) electrons. The fourth-order valence-electron chi connectivity index (χ4n) is 5.02. The largest absolute Gasteiger partial charge is 0.353 e. The smallest absolute Gasteiger partial charge is 0.229 e. The van der Waals surface area contributed by atoms with Crippen molar-refractivity contribution in [2.24, 2.45) is 7.05 Å². The summed E-state index contributed by atoms with van der Waals surface area (Å²) in [4.78, 5) is 14.1. The molecule has 5 heterocycles. The summed E-state index contributed by atoms with van der Waals surface area (Å²) in [5.41, 5.74) is 0.909. The van der Waals surface area contributed by atoms with Gasteiger partial charge in [-0.2, -0.15) is 15.3 Å². The Balaban J connectivity index is 0.00000205. The molecule has 0 saturated carbocycles. The molecule has 9 nitrogen and oxygen atoms in total. The number of halogens is 1. The Morgan fingerprint density at radius 1 is 1.31 bits per heavy atom. The number of anilines is 3. The summed E-state index contributed by atoms with van der Waals surface area (Å²) in [6, 6.07) is 5.38. The summed E-state index contributed by atoms with van der Waals surface area (Å²) >= 11 is 0. The lowest BCUT2D eigenvalue weighted by Crippen LogP contribution is -2.74. The second-order valence-corrected chi connectivity index (χ2v) is 8.13. The van der Waals surface area contributed by atoms with E-state index in [1.54, 1.807) is 10.9 Å². The first-order valence-electron chi connectivity index (χ1n) is 9.87. The van der Waals surface area contributed by atoms with Crippen LogP contribution in [0.3, 0.4) is 0 Å². The summed E-state index contributed by atoms with van der Waals surface area (Å²) in [6.07, 6.45) is 8.47. The first-order chi connectivity index (χ1) is 13.7. The number of aromatic nitrogens is 4. The van der Waals surface area contributed by atoms with Gasteiger partial charge in [0, 0.05) is 57.7 Å². The molecule has 0 spiro atoms. The summed E-state index contributed by atoms with van der Waals surface area (Å²) < 4.78 is 1.75. The zero-order valence-corrected chi connectivity index (χ0v) is 17.3. The van der Waals surface area contributed by atoms with Crippen LogP contribution in [0, 0.1) is 11.3 Å². The third-order valence-electron chi connectivity index (χ3n) is 6.27. The zero-order valence-electron chi connectivity index (χ0n) is 16.5. The summed E-state index contributed by atoms with van der Waals surface area (Å²) in [6.45, 7) is 3.76. The number of hydrogen-bond acceptors (Lipinski definition) is 8. The predicted octanol–water partition coefficient (Wildman–Crippen LogP) is 1.28. The lowest BCUT2D eigenvalue weighted by Gasteiger charge is -2.56. The van der Waals surface area contributed by atoms with Gasteiger partial charge in [0.15, 0.2) is 0 Å². The molecule has 3 saturated heterocycles. The van der Waals surface area contributed by atoms with Crippen LogP contribution in [0.15, 0.2) is 24.7 Å². The van der Waals surface area contributed by atoms with Gasteiger partial charge in [0.1, 0.15) is 5.82 Å². The highest BCUT2D eigenvalue weighted by Gasteiger charge is 2.53. The van der Waals surface area contributed by atoms with E-state index in [9.17, 15) is 5.26 Å². The fraction of sp³-hybridized carbons (Fsp3) is 0.579. The number of nitriles is 1. The van der Waals surface area contributed by atoms with Gasteiger partial charge in [0.05, 0.1) is 29.9 Å². The first kappa shape index (κ1) is 19.9. The number of piperazine rings is 1. The van der Waals surface area contributed by atoms with Crippen molar-refractivity contribution in [2.75, 3.05) is 36.4 Å². The van der Waals surface area contributed by atoms with Crippen molar-refractivity contribution in [1.29, 1.82) is 5.26 Å². The molecule has 3 fully saturated rings. The van der Waals surface area contributed by atoms with Crippen molar-refractivity contribution in [3.8, 4) is 6.07 Å². The van der Waals surface area contributed by atoms with Crippen molar-refractivity contribution < 1.29 is 0 Å². The van der Waals surface area contributed by atoms with Crippen LogP contribution in [0.1, 0.15) is 19.3 Å². The molecule has 5 rings (SSSR count). The molecule has 2 bridgehead atoms. The number of nitrogens with one attached hydrogen (secondary N) is 2. The Bertz CT molecular complexity index is 889. The fourth-order valence-corrected chi connectivity index (χ4v) is 5.02. The molecule has 29 heavy (non-hydrogen) atoms. The van der Waals surface area contributed by atoms with Gasteiger partial charge < -0.3 is 15.5 Å². The van der Waals surface area contributed by atoms with E-state index in [2.05, 4.69) is 36.6 Å². The van der Waals surface area contributed by atoms with Gasteiger partial charge >= 0.3 is 0 Å². The molecule has 2 N–H and O–H groups in total. The summed E-state index contributed by atoms with van der Waals surface area (Å²) in [7, 11) is 1.88. The van der Waals surface area contributed by atoms with E-state index < -0.39 is 0 Å². The van der Waals surface area contributed by atoms with Crippen LogP contribution in [0.5, 0.6) is 0 Å². The SMILES string of the molecule is Cl.Cn1cc(Nc2nccc(N3C[C@H]4CC[C@@H](C3)N4C3(CC#N)CNC3)n2)cn1. The van der Waals surface area contributed by atoms with E-state index in [0.29, 0.717) is 24.5 Å². The second kappa shape index (κ2) is 7.78. The Hall–Kier alpha value is -2.41. The quantitative estimate of drug-likeness (QED) is 0.753. The van der Waals surface area contributed by atoms with Crippen molar-refractivity contribution >= 4 is 29.9 Å². The molecule has 0 amide bonds. The van der Waals surface area contributed by atoms with Crippen LogP contribution < -0.4 is 15.5 Å². The second-order valence-electron chi connectivity index (χ2n) is 8.13. The van der Waals surface area contributed by atoms with E-state index in [0.717, 1.165) is 37.7 Å². The highest BCUT2D eigenvalue weighted by molar-refractivity contribution is 5.85. The monoisotopic (exact) mass is 415 g/mol. The topological polar surface area (TPSA) is 97.9 Å². The van der Waals surface area contributed by atoms with Crippen LogP contribution in [0.2, 0.25) is 0 Å². The van der Waals surface area contributed by atoms with Gasteiger partial charge in [-0.25, -0.2) is 4.98 Å². The number of hydrogen-bond donors (Lipinski definition) is 2. The minimum absolute atomic E-state index is 0. The highest BCUT2D eigenvalue weighted by atomic mass is 35.5. The number of fused-ring (bicyclic) bond motifs is 2. The summed E-state index contributed by atoms with van der Waals surface area (Å²) in [5, 5.41) is 20.1. The average Bonchev–Trinajstić information content (AvgIpc) is 3.18. The molecule has 154 valence electrons. The Kier molecular flexibility index (Phi) is 5.34. The molecule has 2 aromatic heterocycles. The lowest BCUT2D eigenvalue weighted by atomic mass is 9.84. The van der Waals surface area contributed by atoms with E-state index in [-0.39, 0.29) is 17.9 Å². The Labute approximate surface area is 176 Å². The van der Waals surface area contributed by atoms with E-state index in [1.807, 2.05) is 25.5 Å². The molecule has 0 unspecified atom stereocenters. The van der Waals surface area contributed by atoms with Gasteiger partial charge in [-0.3, -0.25) is 9.58 Å². The molecule has 0 aromatic carbocycles. The standard InChI is InChI=1S/C19H25N9.ClH/c1-26-9-14(8-23-26)24-18-22-7-4-17(25-18)27-10-15-2-3-16(11-27)28(15)19(5-6-20)12-21-13-19;/h4,7-9,15-16,21H,2-3,5,10-13H2,1H3,(H,22,24,25);1H/t15-,16+;. The van der Waals surface area contributed by atoms with Crippen LogP contribution >= 0.6 is 12.4 Å². The van der Waals surface area contributed by atoms with Gasteiger partial charge in [-0.05, 0) is 18.9 Å². The van der Waals surface area contributed by atoms with E-state index in [4.69, 9.17) is 4.98 Å². The predicted molar refractivity (Wildman–Crippen MR) is 112 cm³/mol. The maximum atomic E-state index is 9.33. The van der Waals surface area contributed by atoms with Crippen molar-refractivity contribution in [1.82, 2.24) is 30.0 Å². The van der Waals surface area contributed by atoms with Crippen molar-refractivity contribution in [3.63, 3.8) is 0 Å².